The zero-order valence-corrected chi connectivity index (χ0v) is 2.28. The predicted molar refractivity (Wildman–Crippen MR) is 43.2 cm³/mol. The Morgan fingerprint density at radius 1 is 0.571 bits per heavy atom. The Morgan fingerprint density at radius 2 is 0.571 bits per heavy atom. The zero-order valence-electron chi connectivity index (χ0n) is 2.28. The van der Waals surface area contributed by atoms with Gasteiger partial charge in [0, 0.05) is 0 Å². The average Bonchev–Trinajstić information content (AvgIpc) is 0. The first-order valence-corrected chi connectivity index (χ1v) is 0. The molecule has 0 fully saturated rings. The lowest BCUT2D eigenvalue weighted by Gasteiger charge is -0.693. The summed E-state index contributed by atoms with van der Waals surface area (Å²) < 4.78 is 0. The molecule has 0 aromatic carbocycles. The van der Waals surface area contributed by atoms with E-state index in [0.29, 0.717) is 0 Å². The quantitative estimate of drug-likeness (QED) is 0.492. The summed E-state index contributed by atoms with van der Waals surface area (Å²) in [4.78, 5) is 0. The molecule has 0 saturated carbocycles. The van der Waals surface area contributed by atoms with E-state index in [4.69, 9.17) is 0 Å². The molecule has 0 bridgehead atoms. The molecule has 7 heavy (non-hydrogen) atoms. The van der Waals surface area contributed by atoms with Crippen LogP contribution in [0.5, 0.6) is 0 Å². The van der Waals surface area contributed by atoms with E-state index in [2.05, 4.69) is 0 Å². The molecule has 56 valence electrons. The normalized spacial score (nSPS) is 0. The summed E-state index contributed by atoms with van der Waals surface area (Å²) in [5.74, 6) is 0. The smallest absolute Gasteiger partial charge is 0.0776 e. The SMILES string of the molecule is C.C.C.C.N.[NH2-].[NH4+]. The second-order valence-electron chi connectivity index (χ2n) is 0. The van der Waals surface area contributed by atoms with Crippen LogP contribution >= 0.6 is 0 Å². The Morgan fingerprint density at radius 3 is 0.571 bits per heavy atom. The fourth-order valence-corrected chi connectivity index (χ4v) is 0. The van der Waals surface area contributed by atoms with Gasteiger partial charge in [0.2, 0.25) is 0 Å². The van der Waals surface area contributed by atoms with Gasteiger partial charge in [0.1, 0.15) is 0 Å². The fourth-order valence-electron chi connectivity index (χ4n) is 0. The third-order valence-electron chi connectivity index (χ3n) is 0. The van der Waals surface area contributed by atoms with E-state index in [1.165, 1.54) is 0 Å². The predicted octanol–water partition coefficient (Wildman–Crippen LogP) is 3.80. The second kappa shape index (κ2) is 9720. The molecule has 0 rings (SSSR count). The van der Waals surface area contributed by atoms with Crippen LogP contribution in [0.4, 0.5) is 0 Å². The average molecular weight is 115 g/mol. The molecule has 0 unspecified atom stereocenters. The lowest BCUT2D eigenvalue weighted by atomic mass is 12.0. The Kier molecular flexibility index (Phi) is 22900000. The van der Waals surface area contributed by atoms with Gasteiger partial charge in [-0.25, -0.2) is 0 Å². The van der Waals surface area contributed by atoms with Crippen molar-refractivity contribution in [2.45, 2.75) is 29.7 Å². The molecular formula is C4H25N3. The topological polar surface area (TPSA) is 105 Å². The van der Waals surface area contributed by atoms with Crippen molar-refractivity contribution < 1.29 is 0 Å². The van der Waals surface area contributed by atoms with Gasteiger partial charge in [0.15, 0.2) is 0 Å². The number of hydrogen-bond acceptors (Lipinski definition) is 1. The maximum atomic E-state index is 0. The molecule has 0 radical (unpaired) electrons. The van der Waals surface area contributed by atoms with Crippen LogP contribution in [-0.2, 0) is 0 Å². The summed E-state index contributed by atoms with van der Waals surface area (Å²) >= 11 is 0. The molecule has 9 N–H and O–H groups in total. The lowest BCUT2D eigenvalue weighted by Crippen LogP contribution is -0.482. The van der Waals surface area contributed by atoms with Crippen LogP contribution in [0.15, 0.2) is 0 Å². The molecule has 0 aromatic heterocycles. The van der Waals surface area contributed by atoms with Crippen LogP contribution in [0.3, 0.4) is 0 Å². The molecule has 0 atom stereocenters. The molecule has 0 aliphatic rings. The van der Waals surface area contributed by atoms with Gasteiger partial charge in [-0.3, -0.25) is 0 Å². The maximum absolute atomic E-state index is 0. The summed E-state index contributed by atoms with van der Waals surface area (Å²) in [7, 11) is 0. The van der Waals surface area contributed by atoms with Crippen molar-refractivity contribution in [3.05, 3.63) is 6.15 Å². The third kappa shape index (κ3) is 6150. The largest absolute Gasteiger partial charge is 0.693 e. The zero-order chi connectivity index (χ0) is 0. The molecule has 3 nitrogen and oxygen atoms in total. The van der Waals surface area contributed by atoms with Crippen molar-refractivity contribution in [1.82, 2.24) is 12.3 Å². The van der Waals surface area contributed by atoms with Crippen molar-refractivity contribution in [3.8, 4) is 0 Å². The van der Waals surface area contributed by atoms with Crippen LogP contribution in [0.25, 0.3) is 6.15 Å². The van der Waals surface area contributed by atoms with Gasteiger partial charge in [-0.2, -0.15) is 0 Å². The van der Waals surface area contributed by atoms with E-state index in [0.717, 1.165) is 0 Å². The molecule has 0 heterocycles. The van der Waals surface area contributed by atoms with Gasteiger partial charge >= 0.3 is 0 Å². The van der Waals surface area contributed by atoms with Crippen LogP contribution < -0.4 is 12.3 Å². The Balaban J connectivity index is 0. The van der Waals surface area contributed by atoms with Gasteiger partial charge in [-0.1, -0.05) is 29.7 Å². The maximum Gasteiger partial charge on any atom is -0.0776 e. The molecule has 0 amide bonds. The van der Waals surface area contributed by atoms with E-state index < -0.39 is 0 Å². The molecule has 0 aromatic rings. The highest BCUT2D eigenvalue weighted by Crippen LogP contribution is 0.289. The minimum absolute atomic E-state index is 0. The molecular weight excluding hydrogens is 90.1 g/mol. The molecule has 0 aliphatic heterocycles. The van der Waals surface area contributed by atoms with Gasteiger partial charge in [-0.15, -0.1) is 0 Å². The van der Waals surface area contributed by atoms with Crippen molar-refractivity contribution in [2.24, 2.45) is 0 Å². The van der Waals surface area contributed by atoms with Crippen molar-refractivity contribution >= 4 is 0 Å². The van der Waals surface area contributed by atoms with Gasteiger partial charge in [0.05, 0.1) is 0 Å². The van der Waals surface area contributed by atoms with Crippen LogP contribution in [0.2, 0.25) is 0 Å². The molecule has 3 heteroatoms. The van der Waals surface area contributed by atoms with Crippen molar-refractivity contribution in [1.29, 1.82) is 0 Å². The summed E-state index contributed by atoms with van der Waals surface area (Å²) in [6.07, 6.45) is 0. The number of nitrogens with two attached hydrogens (primary N) is 1. The van der Waals surface area contributed by atoms with Gasteiger partial charge in [0.25, 0.3) is 0 Å². The van der Waals surface area contributed by atoms with E-state index in [-0.39, 0.29) is 48.2 Å². The summed E-state index contributed by atoms with van der Waals surface area (Å²) in [5, 5.41) is 0. The molecule has 0 spiro atoms. The van der Waals surface area contributed by atoms with Crippen molar-refractivity contribution in [3.63, 3.8) is 0 Å². The minimum atomic E-state index is 0. The fraction of sp³-hybridized carbons (Fsp3) is 1.00. The summed E-state index contributed by atoms with van der Waals surface area (Å²) in [6, 6.07) is 0. The van der Waals surface area contributed by atoms with Gasteiger partial charge in [-0.05, 0) is 0 Å². The standard InChI is InChI=1S/4CH4.2H3N.H2N/h4*1H4;2*1H3;1H2/q;;;;;;-1/p+1. The van der Waals surface area contributed by atoms with E-state index >= 15 is 0 Å². The van der Waals surface area contributed by atoms with Crippen LogP contribution in [0, 0.1) is 0 Å². The van der Waals surface area contributed by atoms with E-state index in [1.807, 2.05) is 0 Å². The summed E-state index contributed by atoms with van der Waals surface area (Å²) in [5.41, 5.74) is 0. The summed E-state index contributed by atoms with van der Waals surface area (Å²) in [6.45, 7) is 0. The lowest BCUT2D eigenvalue weighted by molar-refractivity contribution is 2.13. The minimum Gasteiger partial charge on any atom is -0.693 e. The highest BCUT2D eigenvalue weighted by Gasteiger charge is -0.0745. The van der Waals surface area contributed by atoms with Crippen LogP contribution in [0.1, 0.15) is 29.7 Å². The van der Waals surface area contributed by atoms with E-state index in [9.17, 15) is 0 Å². The van der Waals surface area contributed by atoms with Crippen LogP contribution in [-0.4, -0.2) is 0 Å². The monoisotopic (exact) mass is 115 g/mol. The van der Waals surface area contributed by atoms with Gasteiger partial charge < -0.3 is 18.5 Å². The Bertz CT molecular complexity index is 6.90. The third-order valence-corrected chi connectivity index (χ3v) is 0. The highest BCUT2D eigenvalue weighted by molar-refractivity contribution is 3.36. The van der Waals surface area contributed by atoms with E-state index in [1.54, 1.807) is 0 Å². The number of quaternary nitrogens is 1. The first kappa shape index (κ1) is 16500. The highest BCUT2D eigenvalue weighted by atomic mass is 14.0. The molecule has 0 aliphatic carbocycles. The molecule has 0 saturated heterocycles. The second-order valence-corrected chi connectivity index (χ2v) is 0. The Labute approximate surface area is 49.3 Å². The number of rotatable bonds is 0. The van der Waals surface area contributed by atoms with Crippen molar-refractivity contribution in [2.75, 3.05) is 0 Å². The number of hydrogen-bond donors (Lipinski definition) is 2. The first-order valence-electron chi connectivity index (χ1n) is 0. The first-order chi connectivity index (χ1) is 0. The Hall–Kier alpha value is -0.120.